The van der Waals surface area contributed by atoms with Gasteiger partial charge in [-0.15, -0.1) is 0 Å². The lowest BCUT2D eigenvalue weighted by molar-refractivity contribution is 0.0340. The molecule has 0 aromatic carbocycles. The summed E-state index contributed by atoms with van der Waals surface area (Å²) in [7, 11) is -3.03. The zero-order chi connectivity index (χ0) is 12.4. The molecular formula is C11H21IO3S. The molecule has 0 N–H and O–H groups in total. The van der Waals surface area contributed by atoms with Crippen LogP contribution in [-0.4, -0.2) is 36.6 Å². The van der Waals surface area contributed by atoms with Gasteiger partial charge in [-0.2, -0.15) is 0 Å². The van der Waals surface area contributed by atoms with Gasteiger partial charge in [0.2, 0.25) is 0 Å². The number of ether oxygens (including phenoxy) is 1. The van der Waals surface area contributed by atoms with E-state index in [2.05, 4.69) is 29.5 Å². The topological polar surface area (TPSA) is 43.4 Å². The van der Waals surface area contributed by atoms with Gasteiger partial charge < -0.3 is 4.74 Å². The molecule has 0 bridgehead atoms. The van der Waals surface area contributed by atoms with Gasteiger partial charge in [0.15, 0.2) is 9.84 Å². The Kier molecular flexibility index (Phi) is 4.68. The molecule has 1 heterocycles. The lowest BCUT2D eigenvalue weighted by Gasteiger charge is -2.36. The van der Waals surface area contributed by atoms with Gasteiger partial charge in [0.25, 0.3) is 0 Å². The Morgan fingerprint density at radius 2 is 1.81 bits per heavy atom. The molecule has 0 radical (unpaired) electrons. The molecule has 0 aromatic heterocycles. The Morgan fingerprint density at radius 1 is 1.31 bits per heavy atom. The minimum absolute atomic E-state index is 0.0971. The summed E-state index contributed by atoms with van der Waals surface area (Å²) >= 11 is 2.15. The van der Waals surface area contributed by atoms with Crippen LogP contribution in [0.5, 0.6) is 0 Å². The summed E-state index contributed by atoms with van der Waals surface area (Å²) in [6.07, 6.45) is 1.70. The third kappa shape index (κ3) is 3.32. The van der Waals surface area contributed by atoms with Crippen LogP contribution >= 0.6 is 22.6 Å². The predicted molar refractivity (Wildman–Crippen MR) is 74.9 cm³/mol. The van der Waals surface area contributed by atoms with Crippen molar-refractivity contribution in [3.8, 4) is 0 Å². The molecule has 1 aliphatic rings. The van der Waals surface area contributed by atoms with Crippen LogP contribution in [-0.2, 0) is 14.6 Å². The van der Waals surface area contributed by atoms with E-state index >= 15 is 0 Å². The summed E-state index contributed by atoms with van der Waals surface area (Å²) in [5, 5.41) is 0. The van der Waals surface area contributed by atoms with Crippen molar-refractivity contribution >= 4 is 32.4 Å². The van der Waals surface area contributed by atoms with E-state index < -0.39 is 14.6 Å². The Balaban J connectivity index is 2.79. The van der Waals surface area contributed by atoms with Crippen molar-refractivity contribution in [2.24, 2.45) is 5.41 Å². The van der Waals surface area contributed by atoms with Crippen molar-refractivity contribution in [1.82, 2.24) is 0 Å². The lowest BCUT2D eigenvalue weighted by atomic mass is 9.85. The molecule has 1 saturated heterocycles. The molecule has 3 nitrogen and oxygen atoms in total. The van der Waals surface area contributed by atoms with Gasteiger partial charge in [-0.1, -0.05) is 29.5 Å². The van der Waals surface area contributed by atoms with Crippen LogP contribution in [0.1, 0.15) is 33.6 Å². The standard InChI is InChI=1S/C11H21IO3S/c1-10(2,8-12)16(13,14)9-11(3)4-6-15-7-5-11/h4-9H2,1-3H3. The van der Waals surface area contributed by atoms with Gasteiger partial charge in [-0.25, -0.2) is 8.42 Å². The summed E-state index contributed by atoms with van der Waals surface area (Å²) in [5.74, 6) is 0.291. The zero-order valence-corrected chi connectivity index (χ0v) is 13.2. The highest BCUT2D eigenvalue weighted by Gasteiger charge is 2.40. The van der Waals surface area contributed by atoms with Crippen LogP contribution < -0.4 is 0 Å². The smallest absolute Gasteiger partial charge is 0.156 e. The second-order valence-electron chi connectivity index (χ2n) is 5.58. The van der Waals surface area contributed by atoms with Gasteiger partial charge in [0.1, 0.15) is 0 Å². The highest BCUT2D eigenvalue weighted by Crippen LogP contribution is 2.34. The molecule has 0 aromatic rings. The summed E-state index contributed by atoms with van der Waals surface area (Å²) in [5.41, 5.74) is -0.0971. The van der Waals surface area contributed by atoms with Crippen molar-refractivity contribution < 1.29 is 13.2 Å². The van der Waals surface area contributed by atoms with E-state index in [1.165, 1.54) is 0 Å². The van der Waals surface area contributed by atoms with Crippen molar-refractivity contribution in [2.45, 2.75) is 38.4 Å². The summed E-state index contributed by atoms with van der Waals surface area (Å²) in [6, 6.07) is 0. The molecule has 0 atom stereocenters. The first kappa shape index (κ1) is 14.7. The van der Waals surface area contributed by atoms with Crippen molar-refractivity contribution in [3.63, 3.8) is 0 Å². The third-order valence-corrected chi connectivity index (χ3v) is 8.73. The first-order chi connectivity index (χ1) is 7.22. The van der Waals surface area contributed by atoms with E-state index in [4.69, 9.17) is 4.74 Å². The molecule has 0 aliphatic carbocycles. The fraction of sp³-hybridized carbons (Fsp3) is 1.00. The molecule has 0 amide bonds. The normalized spacial score (nSPS) is 22.0. The van der Waals surface area contributed by atoms with Gasteiger partial charge >= 0.3 is 0 Å². The molecule has 0 unspecified atom stereocenters. The van der Waals surface area contributed by atoms with Crippen LogP contribution in [0.25, 0.3) is 0 Å². The highest BCUT2D eigenvalue weighted by atomic mass is 127. The highest BCUT2D eigenvalue weighted by molar-refractivity contribution is 14.1. The quantitative estimate of drug-likeness (QED) is 0.571. The number of sulfone groups is 1. The van der Waals surface area contributed by atoms with E-state index in [0.717, 1.165) is 12.8 Å². The molecule has 5 heteroatoms. The maximum absolute atomic E-state index is 12.3. The van der Waals surface area contributed by atoms with Crippen LogP contribution in [0.15, 0.2) is 0 Å². The van der Waals surface area contributed by atoms with Gasteiger partial charge in [0, 0.05) is 17.6 Å². The minimum Gasteiger partial charge on any atom is -0.381 e. The summed E-state index contributed by atoms with van der Waals surface area (Å²) < 4.78 is 29.9. The first-order valence-corrected chi connectivity index (χ1v) is 8.76. The Bertz CT molecular complexity index is 329. The number of hydrogen-bond donors (Lipinski definition) is 0. The van der Waals surface area contributed by atoms with E-state index in [9.17, 15) is 8.42 Å². The first-order valence-electron chi connectivity index (χ1n) is 5.58. The maximum Gasteiger partial charge on any atom is 0.156 e. The number of alkyl halides is 1. The molecule has 0 saturated carbocycles. The largest absolute Gasteiger partial charge is 0.381 e. The Labute approximate surface area is 112 Å². The van der Waals surface area contributed by atoms with Crippen molar-refractivity contribution in [1.29, 1.82) is 0 Å². The second kappa shape index (κ2) is 5.10. The predicted octanol–water partition coefficient (Wildman–Crippen LogP) is 2.43. The molecule has 0 spiro atoms. The lowest BCUT2D eigenvalue weighted by Crippen LogP contribution is -2.42. The fourth-order valence-corrected chi connectivity index (χ4v) is 4.93. The molecule has 1 rings (SSSR count). The number of hydrogen-bond acceptors (Lipinski definition) is 3. The average molecular weight is 360 g/mol. The molecule has 1 fully saturated rings. The molecule has 96 valence electrons. The number of rotatable bonds is 4. The van der Waals surface area contributed by atoms with Crippen molar-refractivity contribution in [2.75, 3.05) is 23.4 Å². The SMILES string of the molecule is CC1(CS(=O)(=O)C(C)(C)CI)CCOCC1. The third-order valence-electron chi connectivity index (χ3n) is 3.40. The van der Waals surface area contributed by atoms with Gasteiger partial charge in [-0.05, 0) is 32.1 Å². The fourth-order valence-electron chi connectivity index (χ4n) is 1.75. The zero-order valence-electron chi connectivity index (χ0n) is 10.3. The Morgan fingerprint density at radius 3 is 2.25 bits per heavy atom. The van der Waals surface area contributed by atoms with E-state index in [1.807, 2.05) is 13.8 Å². The van der Waals surface area contributed by atoms with Gasteiger partial charge in [0.05, 0.1) is 10.5 Å². The number of halogens is 1. The Hall–Kier alpha value is 0.640. The van der Waals surface area contributed by atoms with E-state index in [0.29, 0.717) is 23.4 Å². The monoisotopic (exact) mass is 360 g/mol. The van der Waals surface area contributed by atoms with Crippen molar-refractivity contribution in [3.05, 3.63) is 0 Å². The van der Waals surface area contributed by atoms with E-state index in [-0.39, 0.29) is 5.41 Å². The van der Waals surface area contributed by atoms with Crippen LogP contribution in [0.4, 0.5) is 0 Å². The second-order valence-corrected chi connectivity index (χ2v) is 8.96. The van der Waals surface area contributed by atoms with Gasteiger partial charge in [-0.3, -0.25) is 0 Å². The van der Waals surface area contributed by atoms with Crippen LogP contribution in [0.3, 0.4) is 0 Å². The molecule has 16 heavy (non-hydrogen) atoms. The van der Waals surface area contributed by atoms with Crippen LogP contribution in [0, 0.1) is 5.41 Å². The molecular weight excluding hydrogens is 339 g/mol. The maximum atomic E-state index is 12.3. The minimum atomic E-state index is -3.03. The van der Waals surface area contributed by atoms with E-state index in [1.54, 1.807) is 0 Å². The summed E-state index contributed by atoms with van der Waals surface area (Å²) in [6.45, 7) is 7.08. The average Bonchev–Trinajstić information content (AvgIpc) is 2.17. The molecule has 1 aliphatic heterocycles. The van der Waals surface area contributed by atoms with Crippen LogP contribution in [0.2, 0.25) is 0 Å². The summed E-state index contributed by atoms with van der Waals surface area (Å²) in [4.78, 5) is 0.